The van der Waals surface area contributed by atoms with Crippen molar-refractivity contribution in [2.45, 2.75) is 4.90 Å². The zero-order chi connectivity index (χ0) is 24.3. The van der Waals surface area contributed by atoms with E-state index < -0.39 is 22.5 Å². The number of hydrogen-bond acceptors (Lipinski definition) is 9. The maximum atomic E-state index is 14.6. The van der Waals surface area contributed by atoms with Gasteiger partial charge in [0.15, 0.2) is 0 Å². The molecule has 0 aliphatic rings. The van der Waals surface area contributed by atoms with Gasteiger partial charge in [-0.1, -0.05) is 0 Å². The second kappa shape index (κ2) is 9.43. The Labute approximate surface area is 192 Å². The number of methoxy groups -OCH3 is 2. The maximum absolute atomic E-state index is 14.6. The zero-order valence-electron chi connectivity index (χ0n) is 17.9. The van der Waals surface area contributed by atoms with E-state index in [4.69, 9.17) is 14.2 Å². The highest BCUT2D eigenvalue weighted by Gasteiger charge is 2.26. The van der Waals surface area contributed by atoms with Crippen molar-refractivity contribution < 1.29 is 31.4 Å². The maximum Gasteiger partial charge on any atom is 0.266 e. The van der Waals surface area contributed by atoms with E-state index in [0.717, 1.165) is 6.07 Å². The number of fused-ring (bicyclic) bond motifs is 1. The van der Waals surface area contributed by atoms with Crippen molar-refractivity contribution in [2.75, 3.05) is 32.2 Å². The zero-order valence-corrected chi connectivity index (χ0v) is 18.7. The fraction of sp³-hybridized carbons (Fsp3) is 0.200. The molecule has 0 saturated heterocycles. The molecule has 4 rings (SSSR count). The van der Waals surface area contributed by atoms with Gasteiger partial charge in [0, 0.05) is 24.0 Å². The van der Waals surface area contributed by atoms with Gasteiger partial charge in [-0.3, -0.25) is 9.97 Å². The molecule has 0 atom stereocenters. The first kappa shape index (κ1) is 23.1. The summed E-state index contributed by atoms with van der Waals surface area (Å²) < 4.78 is 71.1. The van der Waals surface area contributed by atoms with Crippen molar-refractivity contribution in [1.29, 1.82) is 0 Å². The third-order valence-electron chi connectivity index (χ3n) is 4.62. The summed E-state index contributed by atoms with van der Waals surface area (Å²) in [5, 5.41) is 0.205. The van der Waals surface area contributed by atoms with Gasteiger partial charge in [0.1, 0.15) is 24.0 Å². The van der Waals surface area contributed by atoms with E-state index in [-0.39, 0.29) is 57.1 Å². The molecule has 0 aliphatic heterocycles. The third kappa shape index (κ3) is 4.26. The number of sulfonamides is 1. The first-order chi connectivity index (χ1) is 16.4. The van der Waals surface area contributed by atoms with Crippen molar-refractivity contribution in [3.8, 4) is 28.8 Å². The minimum Gasteiger partial charge on any atom is -0.481 e. The Hall–Kier alpha value is -4.07. The first-order valence-electron chi connectivity index (χ1n) is 9.67. The van der Waals surface area contributed by atoms with Crippen molar-refractivity contribution in [1.82, 2.24) is 24.9 Å². The van der Waals surface area contributed by atoms with E-state index >= 15 is 0 Å². The number of H-pyrrole nitrogens is 1. The molecule has 0 unspecified atom stereocenters. The normalized spacial score (nSPS) is 11.4. The quantitative estimate of drug-likeness (QED) is 0.361. The molecule has 0 fully saturated rings. The lowest BCUT2D eigenvalue weighted by Crippen LogP contribution is -2.16. The molecule has 2 N–H and O–H groups in total. The van der Waals surface area contributed by atoms with Gasteiger partial charge in [-0.25, -0.2) is 21.9 Å². The molecule has 3 heterocycles. The van der Waals surface area contributed by atoms with Gasteiger partial charge in [0.25, 0.3) is 21.8 Å². The van der Waals surface area contributed by atoms with Gasteiger partial charge in [-0.15, -0.1) is 0 Å². The Balaban J connectivity index is 1.76. The standard InChI is InChI=1S/C20H18F2N6O5S/c1-31-18-17(33-8-5-21)19(32-2)27-20(26-18)28-34(29,30)14-10-25-16-11(14)3-4-12(22)15(16)13-9-23-6-7-24-13/h3-4,6-7,9-10,25H,5,8H2,1-2H3,(H,26,27,28). The van der Waals surface area contributed by atoms with E-state index in [1.54, 1.807) is 0 Å². The Kier molecular flexibility index (Phi) is 6.40. The molecular weight excluding hydrogens is 474 g/mol. The molecule has 0 aliphatic carbocycles. The molecule has 34 heavy (non-hydrogen) atoms. The van der Waals surface area contributed by atoms with Gasteiger partial charge in [-0.05, 0) is 12.1 Å². The van der Waals surface area contributed by atoms with Crippen LogP contribution in [0.25, 0.3) is 22.2 Å². The lowest BCUT2D eigenvalue weighted by Gasteiger charge is -2.14. The van der Waals surface area contributed by atoms with E-state index in [0.29, 0.717) is 0 Å². The number of nitrogens with one attached hydrogen (secondary N) is 2. The average Bonchev–Trinajstić information content (AvgIpc) is 3.28. The fourth-order valence-corrected chi connectivity index (χ4v) is 4.34. The minimum atomic E-state index is -4.26. The summed E-state index contributed by atoms with van der Waals surface area (Å²) in [6, 6.07) is 2.46. The number of ether oxygens (including phenoxy) is 3. The van der Waals surface area contributed by atoms with Crippen LogP contribution in [0, 0.1) is 5.82 Å². The Bertz CT molecular complexity index is 1410. The summed E-state index contributed by atoms with van der Waals surface area (Å²) >= 11 is 0. The Morgan fingerprint density at radius 2 is 1.85 bits per heavy atom. The predicted octanol–water partition coefficient (Wildman–Crippen LogP) is 2.72. The number of rotatable bonds is 9. The molecule has 1 aromatic carbocycles. The molecule has 0 amide bonds. The largest absolute Gasteiger partial charge is 0.481 e. The SMILES string of the molecule is COc1nc(NS(=O)(=O)c2c[nH]c3c(-c4cnccn4)c(F)ccc23)nc(OC)c1OCCF. The number of hydrogen-bond donors (Lipinski definition) is 2. The molecule has 0 spiro atoms. The third-order valence-corrected chi connectivity index (χ3v) is 5.98. The molecule has 0 bridgehead atoms. The summed E-state index contributed by atoms with van der Waals surface area (Å²) in [5.41, 5.74) is 0.513. The second-order valence-electron chi connectivity index (χ2n) is 6.63. The van der Waals surface area contributed by atoms with Crippen LogP contribution in [0.5, 0.6) is 17.5 Å². The number of anilines is 1. The lowest BCUT2D eigenvalue weighted by molar-refractivity contribution is 0.240. The molecule has 178 valence electrons. The van der Waals surface area contributed by atoms with E-state index in [1.807, 2.05) is 0 Å². The van der Waals surface area contributed by atoms with Gasteiger partial charge < -0.3 is 19.2 Å². The van der Waals surface area contributed by atoms with Crippen LogP contribution in [0.4, 0.5) is 14.7 Å². The number of nitrogens with zero attached hydrogens (tertiary/aromatic N) is 4. The molecule has 0 saturated carbocycles. The summed E-state index contributed by atoms with van der Waals surface area (Å²) in [4.78, 5) is 18.6. The summed E-state index contributed by atoms with van der Waals surface area (Å²) in [6.07, 6.45) is 5.41. The van der Waals surface area contributed by atoms with Crippen LogP contribution in [-0.2, 0) is 10.0 Å². The molecular formula is C20H18F2N6O5S. The topological polar surface area (TPSA) is 141 Å². The van der Waals surface area contributed by atoms with Crippen LogP contribution in [-0.4, -0.2) is 60.8 Å². The van der Waals surface area contributed by atoms with Crippen molar-refractivity contribution >= 4 is 26.9 Å². The predicted molar refractivity (Wildman–Crippen MR) is 117 cm³/mol. The van der Waals surface area contributed by atoms with Crippen LogP contribution >= 0.6 is 0 Å². The smallest absolute Gasteiger partial charge is 0.266 e. The highest BCUT2D eigenvalue weighted by atomic mass is 32.2. The average molecular weight is 492 g/mol. The molecule has 3 aromatic heterocycles. The van der Waals surface area contributed by atoms with Crippen LogP contribution in [0.15, 0.2) is 41.8 Å². The highest BCUT2D eigenvalue weighted by molar-refractivity contribution is 7.93. The van der Waals surface area contributed by atoms with Gasteiger partial charge >= 0.3 is 0 Å². The van der Waals surface area contributed by atoms with E-state index in [2.05, 4.69) is 29.6 Å². The van der Waals surface area contributed by atoms with E-state index in [9.17, 15) is 17.2 Å². The van der Waals surface area contributed by atoms with E-state index in [1.165, 1.54) is 45.1 Å². The molecule has 11 nitrogen and oxygen atoms in total. The summed E-state index contributed by atoms with van der Waals surface area (Å²) in [7, 11) is -1.73. The van der Waals surface area contributed by atoms with Crippen molar-refractivity contribution in [3.63, 3.8) is 0 Å². The number of halogens is 2. The summed E-state index contributed by atoms with van der Waals surface area (Å²) in [5.74, 6) is -1.39. The Morgan fingerprint density at radius 3 is 2.47 bits per heavy atom. The number of alkyl halides is 1. The number of benzene rings is 1. The van der Waals surface area contributed by atoms with Gasteiger partial charge in [-0.2, -0.15) is 9.97 Å². The molecule has 14 heteroatoms. The Morgan fingerprint density at radius 1 is 1.12 bits per heavy atom. The van der Waals surface area contributed by atoms with Crippen molar-refractivity contribution in [2.24, 2.45) is 0 Å². The van der Waals surface area contributed by atoms with Gasteiger partial charge in [0.05, 0.1) is 37.2 Å². The summed E-state index contributed by atoms with van der Waals surface area (Å²) in [6.45, 7) is -1.08. The first-order valence-corrected chi connectivity index (χ1v) is 11.2. The van der Waals surface area contributed by atoms with Crippen LogP contribution in [0.2, 0.25) is 0 Å². The van der Waals surface area contributed by atoms with Gasteiger partial charge in [0.2, 0.25) is 11.7 Å². The van der Waals surface area contributed by atoms with Crippen molar-refractivity contribution in [3.05, 3.63) is 42.7 Å². The molecule has 0 radical (unpaired) electrons. The highest BCUT2D eigenvalue weighted by Crippen LogP contribution is 2.36. The number of aromatic nitrogens is 5. The lowest BCUT2D eigenvalue weighted by atomic mass is 10.1. The minimum absolute atomic E-state index is 0.0704. The second-order valence-corrected chi connectivity index (χ2v) is 8.28. The fourth-order valence-electron chi connectivity index (χ4n) is 3.22. The van der Waals surface area contributed by atoms with Crippen LogP contribution < -0.4 is 18.9 Å². The number of aromatic amines is 1. The van der Waals surface area contributed by atoms with Crippen LogP contribution in [0.1, 0.15) is 0 Å². The molecule has 4 aromatic rings. The van der Waals surface area contributed by atoms with Crippen LogP contribution in [0.3, 0.4) is 0 Å². The monoisotopic (exact) mass is 492 g/mol.